The molecule has 0 fully saturated rings. The van der Waals surface area contributed by atoms with Crippen LogP contribution in [-0.4, -0.2) is 0 Å². The molecule has 144 valence electrons. The minimum absolute atomic E-state index is 1.18. The van der Waals surface area contributed by atoms with E-state index in [1.165, 1.54) is 114 Å². The Morgan fingerprint density at radius 2 is 1.04 bits per heavy atom. The number of pyridine rings is 1. The first kappa shape index (κ1) is 22.2. The quantitative estimate of drug-likeness (QED) is 0.216. The Morgan fingerprint density at radius 3 is 1.48 bits per heavy atom. The number of hydrogen-bond donors (Lipinski definition) is 0. The van der Waals surface area contributed by atoms with Gasteiger partial charge >= 0.3 is 0 Å². The summed E-state index contributed by atoms with van der Waals surface area (Å²) < 4.78 is 2.35. The van der Waals surface area contributed by atoms with Crippen molar-refractivity contribution in [2.45, 2.75) is 124 Å². The van der Waals surface area contributed by atoms with Gasteiger partial charge in [0.05, 0.1) is 0 Å². The van der Waals surface area contributed by atoms with Gasteiger partial charge in [0.15, 0.2) is 12.4 Å². The molecule has 0 unspecified atom stereocenters. The molecule has 1 aromatic heterocycles. The van der Waals surface area contributed by atoms with Crippen LogP contribution in [0.4, 0.5) is 0 Å². The van der Waals surface area contributed by atoms with E-state index in [0.29, 0.717) is 0 Å². The van der Waals surface area contributed by atoms with Crippen LogP contribution in [-0.2, 0) is 6.54 Å². The number of rotatable bonds is 16. The first-order valence-electron chi connectivity index (χ1n) is 11.2. The Morgan fingerprint density at radius 1 is 0.600 bits per heavy atom. The molecule has 0 bridgehead atoms. The summed E-state index contributed by atoms with van der Waals surface area (Å²) >= 11 is 0. The van der Waals surface area contributed by atoms with Gasteiger partial charge in [0.2, 0.25) is 0 Å². The van der Waals surface area contributed by atoms with E-state index in [0.717, 1.165) is 0 Å². The summed E-state index contributed by atoms with van der Waals surface area (Å²) in [5.41, 5.74) is 2.80. The van der Waals surface area contributed by atoms with Crippen LogP contribution >= 0.6 is 0 Å². The summed E-state index contributed by atoms with van der Waals surface area (Å²) in [5, 5.41) is 0. The van der Waals surface area contributed by atoms with E-state index in [1.54, 1.807) is 0 Å². The topological polar surface area (TPSA) is 3.88 Å². The number of hydrogen-bond acceptors (Lipinski definition) is 0. The number of nitrogens with zero attached hydrogens (tertiary/aromatic N) is 1. The number of aryl methyl sites for hydroxylation is 3. The summed E-state index contributed by atoms with van der Waals surface area (Å²) in [7, 11) is 0. The Kier molecular flexibility index (Phi) is 13.7. The molecule has 25 heavy (non-hydrogen) atoms. The van der Waals surface area contributed by atoms with Crippen molar-refractivity contribution in [1.29, 1.82) is 0 Å². The zero-order valence-electron chi connectivity index (χ0n) is 17.5. The molecule has 0 N–H and O–H groups in total. The van der Waals surface area contributed by atoms with Crippen LogP contribution in [0.15, 0.2) is 18.5 Å². The summed E-state index contributed by atoms with van der Waals surface area (Å²) in [6, 6.07) is 2.24. The Balaban J connectivity index is 1.81. The predicted octanol–water partition coefficient (Wildman–Crippen LogP) is 7.46. The van der Waals surface area contributed by atoms with E-state index in [-0.39, 0.29) is 0 Å². The van der Waals surface area contributed by atoms with Gasteiger partial charge in [0.1, 0.15) is 6.54 Å². The summed E-state index contributed by atoms with van der Waals surface area (Å²) in [5.74, 6) is 0. The fourth-order valence-electron chi connectivity index (χ4n) is 3.54. The van der Waals surface area contributed by atoms with Crippen LogP contribution in [0, 0.1) is 13.8 Å². The van der Waals surface area contributed by atoms with Gasteiger partial charge < -0.3 is 0 Å². The molecule has 1 aromatic rings. The van der Waals surface area contributed by atoms with Gasteiger partial charge in [-0.05, 0) is 25.8 Å². The van der Waals surface area contributed by atoms with Crippen LogP contribution < -0.4 is 4.57 Å². The predicted molar refractivity (Wildman–Crippen MR) is 111 cm³/mol. The largest absolute Gasteiger partial charge is 0.205 e. The van der Waals surface area contributed by atoms with E-state index in [9.17, 15) is 0 Å². The van der Waals surface area contributed by atoms with Gasteiger partial charge in [0, 0.05) is 18.1 Å². The van der Waals surface area contributed by atoms with Crippen LogP contribution in [0.2, 0.25) is 0 Å². The van der Waals surface area contributed by atoms with Crippen molar-refractivity contribution in [1.82, 2.24) is 0 Å². The average molecular weight is 347 g/mol. The summed E-state index contributed by atoms with van der Waals surface area (Å²) in [6.07, 6.45) is 26.1. The summed E-state index contributed by atoms with van der Waals surface area (Å²) in [6.45, 7) is 7.87. The fourth-order valence-corrected chi connectivity index (χ4v) is 3.54. The van der Waals surface area contributed by atoms with Crippen LogP contribution in [0.3, 0.4) is 0 Å². The molecule has 1 heterocycles. The van der Waals surface area contributed by atoms with E-state index in [1.807, 2.05) is 0 Å². The maximum atomic E-state index is 2.35. The minimum atomic E-state index is 1.18. The molecule has 1 rings (SSSR count). The van der Waals surface area contributed by atoms with Crippen molar-refractivity contribution in [3.8, 4) is 0 Å². The summed E-state index contributed by atoms with van der Waals surface area (Å²) in [4.78, 5) is 0. The lowest BCUT2D eigenvalue weighted by Crippen LogP contribution is -2.33. The lowest BCUT2D eigenvalue weighted by atomic mass is 10.0. The highest BCUT2D eigenvalue weighted by Crippen LogP contribution is 2.13. The molecule has 0 atom stereocenters. The molecule has 1 nitrogen and oxygen atoms in total. The molecule has 0 saturated carbocycles. The van der Waals surface area contributed by atoms with Gasteiger partial charge in [-0.3, -0.25) is 0 Å². The molecule has 0 radical (unpaired) electrons. The SMILES string of the molecule is CCCCCCCCCCCCCCCCC[n+]1ccc(C)c(C)c1. The van der Waals surface area contributed by atoms with E-state index < -0.39 is 0 Å². The normalized spacial score (nSPS) is 11.2. The van der Waals surface area contributed by atoms with Crippen molar-refractivity contribution in [3.63, 3.8) is 0 Å². The van der Waals surface area contributed by atoms with Crippen molar-refractivity contribution in [2.75, 3.05) is 0 Å². The Hall–Kier alpha value is -0.850. The Bertz CT molecular complexity index is 424. The van der Waals surface area contributed by atoms with Crippen molar-refractivity contribution >= 4 is 0 Å². The highest BCUT2D eigenvalue weighted by Gasteiger charge is 2.02. The lowest BCUT2D eigenvalue weighted by Gasteiger charge is -2.03. The monoisotopic (exact) mass is 346 g/mol. The molecule has 0 aliphatic heterocycles. The third-order valence-electron chi connectivity index (χ3n) is 5.52. The third kappa shape index (κ3) is 12.2. The van der Waals surface area contributed by atoms with Gasteiger partial charge in [-0.15, -0.1) is 0 Å². The second kappa shape index (κ2) is 15.4. The zero-order valence-corrected chi connectivity index (χ0v) is 17.5. The Labute approximate surface area is 158 Å². The lowest BCUT2D eigenvalue weighted by molar-refractivity contribution is -0.697. The first-order valence-corrected chi connectivity index (χ1v) is 11.2. The van der Waals surface area contributed by atoms with Gasteiger partial charge in [-0.1, -0.05) is 90.4 Å². The second-order valence-electron chi connectivity index (χ2n) is 8.00. The second-order valence-corrected chi connectivity index (χ2v) is 8.00. The van der Waals surface area contributed by atoms with Crippen molar-refractivity contribution < 1.29 is 4.57 Å². The molecule has 0 aliphatic rings. The van der Waals surface area contributed by atoms with Gasteiger partial charge in [-0.25, -0.2) is 4.57 Å². The third-order valence-corrected chi connectivity index (χ3v) is 5.52. The molecule has 0 aliphatic carbocycles. The molecule has 0 saturated heterocycles. The standard InChI is InChI=1S/C24H44N/c1-4-5-6-7-8-9-10-11-12-13-14-15-16-17-18-20-25-21-19-23(2)24(3)22-25/h19,21-22H,4-18,20H2,1-3H3/q+1. The fraction of sp³-hybridized carbons (Fsp3) is 0.792. The molecule has 1 heteroatoms. The number of aromatic nitrogens is 1. The van der Waals surface area contributed by atoms with Gasteiger partial charge in [-0.2, -0.15) is 0 Å². The van der Waals surface area contributed by atoms with Crippen LogP contribution in [0.5, 0.6) is 0 Å². The zero-order chi connectivity index (χ0) is 18.2. The van der Waals surface area contributed by atoms with Crippen LogP contribution in [0.25, 0.3) is 0 Å². The molecule has 0 aromatic carbocycles. The van der Waals surface area contributed by atoms with E-state index >= 15 is 0 Å². The van der Waals surface area contributed by atoms with Crippen molar-refractivity contribution in [2.24, 2.45) is 0 Å². The molecular weight excluding hydrogens is 302 g/mol. The average Bonchev–Trinajstić information content (AvgIpc) is 2.61. The molecular formula is C24H44N+. The van der Waals surface area contributed by atoms with E-state index in [4.69, 9.17) is 0 Å². The number of unbranched alkanes of at least 4 members (excludes halogenated alkanes) is 14. The van der Waals surface area contributed by atoms with Crippen molar-refractivity contribution in [3.05, 3.63) is 29.6 Å². The highest BCUT2D eigenvalue weighted by atomic mass is 14.9. The van der Waals surface area contributed by atoms with Gasteiger partial charge in [0.25, 0.3) is 0 Å². The minimum Gasteiger partial charge on any atom is -0.205 e. The van der Waals surface area contributed by atoms with Crippen LogP contribution in [0.1, 0.15) is 114 Å². The highest BCUT2D eigenvalue weighted by molar-refractivity contribution is 5.16. The molecule has 0 spiro atoms. The van der Waals surface area contributed by atoms with E-state index in [2.05, 4.69) is 43.8 Å². The smallest absolute Gasteiger partial charge is 0.171 e. The maximum Gasteiger partial charge on any atom is 0.171 e. The first-order chi connectivity index (χ1) is 12.2. The molecule has 0 amide bonds. The maximum absolute atomic E-state index is 2.35.